The first-order valence-corrected chi connectivity index (χ1v) is 7.18. The fourth-order valence-corrected chi connectivity index (χ4v) is 2.16. The molecule has 1 heteroatoms. The summed E-state index contributed by atoms with van der Waals surface area (Å²) in [6.07, 6.45) is 8.61. The Morgan fingerprint density at radius 1 is 1.11 bits per heavy atom. The van der Waals surface area contributed by atoms with Crippen molar-refractivity contribution in [3.8, 4) is 0 Å². The average Bonchev–Trinajstić information content (AvgIpc) is 2.42. The zero-order chi connectivity index (χ0) is 13.2. The van der Waals surface area contributed by atoms with Crippen LogP contribution in [0.4, 0.5) is 0 Å². The minimum absolute atomic E-state index is 0.326. The summed E-state index contributed by atoms with van der Waals surface area (Å²) < 4.78 is 0. The standard InChI is InChI=1S/C17H26O/c1-3-5-10-15(9-4-2)13-14-17(18)16-11-7-6-8-12-16/h6-8,10-12,17-18H,3-5,9,13-14H2,1-2H3/b15-10+. The minimum atomic E-state index is -0.326. The Labute approximate surface area is 112 Å². The van der Waals surface area contributed by atoms with E-state index < -0.39 is 0 Å². The molecule has 18 heavy (non-hydrogen) atoms. The molecule has 1 atom stereocenters. The first-order chi connectivity index (χ1) is 8.77. The van der Waals surface area contributed by atoms with Gasteiger partial charge in [-0.05, 0) is 31.2 Å². The summed E-state index contributed by atoms with van der Waals surface area (Å²) in [5.74, 6) is 0. The summed E-state index contributed by atoms with van der Waals surface area (Å²) in [6.45, 7) is 4.42. The van der Waals surface area contributed by atoms with Crippen LogP contribution in [0.25, 0.3) is 0 Å². The largest absolute Gasteiger partial charge is 0.388 e. The molecule has 0 spiro atoms. The van der Waals surface area contributed by atoms with E-state index in [4.69, 9.17) is 0 Å². The van der Waals surface area contributed by atoms with Crippen molar-refractivity contribution >= 4 is 0 Å². The molecular formula is C17H26O. The molecule has 1 unspecified atom stereocenters. The molecule has 0 amide bonds. The van der Waals surface area contributed by atoms with Gasteiger partial charge in [-0.1, -0.05) is 68.7 Å². The van der Waals surface area contributed by atoms with E-state index in [0.717, 1.165) is 24.8 Å². The summed E-state index contributed by atoms with van der Waals surface area (Å²) in [7, 11) is 0. The molecule has 1 aromatic carbocycles. The molecule has 1 rings (SSSR count). The molecule has 0 aliphatic rings. The molecule has 0 aliphatic heterocycles. The van der Waals surface area contributed by atoms with Crippen LogP contribution in [-0.4, -0.2) is 5.11 Å². The predicted octanol–water partition coefficient (Wildman–Crippen LogP) is 5.03. The van der Waals surface area contributed by atoms with Crippen LogP contribution in [0.2, 0.25) is 0 Å². The molecule has 1 aromatic rings. The van der Waals surface area contributed by atoms with Crippen molar-refractivity contribution in [2.24, 2.45) is 0 Å². The van der Waals surface area contributed by atoms with Crippen molar-refractivity contribution in [2.45, 2.75) is 58.5 Å². The monoisotopic (exact) mass is 246 g/mol. The number of unbranched alkanes of at least 4 members (excludes halogenated alkanes) is 1. The third-order valence-corrected chi connectivity index (χ3v) is 3.22. The molecule has 1 N–H and O–H groups in total. The van der Waals surface area contributed by atoms with E-state index in [2.05, 4.69) is 19.9 Å². The highest BCUT2D eigenvalue weighted by molar-refractivity contribution is 5.17. The third-order valence-electron chi connectivity index (χ3n) is 3.22. The topological polar surface area (TPSA) is 20.2 Å². The molecule has 0 fully saturated rings. The van der Waals surface area contributed by atoms with Crippen LogP contribution in [0, 0.1) is 0 Å². The van der Waals surface area contributed by atoms with Crippen LogP contribution >= 0.6 is 0 Å². The highest BCUT2D eigenvalue weighted by atomic mass is 16.3. The first-order valence-electron chi connectivity index (χ1n) is 7.18. The Hall–Kier alpha value is -1.08. The number of hydrogen-bond donors (Lipinski definition) is 1. The quantitative estimate of drug-likeness (QED) is 0.638. The summed E-state index contributed by atoms with van der Waals surface area (Å²) in [5.41, 5.74) is 2.54. The summed E-state index contributed by atoms with van der Waals surface area (Å²) in [5, 5.41) is 10.1. The Morgan fingerprint density at radius 3 is 2.44 bits per heavy atom. The molecule has 0 heterocycles. The van der Waals surface area contributed by atoms with Crippen LogP contribution in [0.1, 0.15) is 64.0 Å². The lowest BCUT2D eigenvalue weighted by Gasteiger charge is -2.12. The molecule has 0 radical (unpaired) electrons. The number of hydrogen-bond acceptors (Lipinski definition) is 1. The van der Waals surface area contributed by atoms with Gasteiger partial charge in [0, 0.05) is 0 Å². The smallest absolute Gasteiger partial charge is 0.0793 e. The second kappa shape index (κ2) is 8.93. The third kappa shape index (κ3) is 5.50. The molecular weight excluding hydrogens is 220 g/mol. The Kier molecular flexibility index (Phi) is 7.43. The van der Waals surface area contributed by atoms with Gasteiger partial charge in [0.1, 0.15) is 0 Å². The minimum Gasteiger partial charge on any atom is -0.388 e. The van der Waals surface area contributed by atoms with Crippen molar-refractivity contribution in [1.29, 1.82) is 0 Å². The Bertz CT molecular complexity index is 340. The second-order valence-electron chi connectivity index (χ2n) is 4.87. The Balaban J connectivity index is 2.46. The molecule has 0 saturated carbocycles. The van der Waals surface area contributed by atoms with Crippen LogP contribution in [0.15, 0.2) is 42.0 Å². The second-order valence-corrected chi connectivity index (χ2v) is 4.87. The lowest BCUT2D eigenvalue weighted by Crippen LogP contribution is -1.98. The fraction of sp³-hybridized carbons (Fsp3) is 0.529. The van der Waals surface area contributed by atoms with Gasteiger partial charge in [-0.3, -0.25) is 0 Å². The van der Waals surface area contributed by atoms with E-state index in [9.17, 15) is 5.11 Å². The maximum absolute atomic E-state index is 10.1. The summed E-state index contributed by atoms with van der Waals surface area (Å²) >= 11 is 0. The number of allylic oxidation sites excluding steroid dienone is 2. The van der Waals surface area contributed by atoms with E-state index in [1.165, 1.54) is 24.8 Å². The van der Waals surface area contributed by atoms with Crippen molar-refractivity contribution in [3.05, 3.63) is 47.5 Å². The van der Waals surface area contributed by atoms with Crippen molar-refractivity contribution in [3.63, 3.8) is 0 Å². The molecule has 0 saturated heterocycles. The zero-order valence-corrected chi connectivity index (χ0v) is 11.7. The van der Waals surface area contributed by atoms with Gasteiger partial charge in [-0.15, -0.1) is 0 Å². The lowest BCUT2D eigenvalue weighted by molar-refractivity contribution is 0.167. The van der Waals surface area contributed by atoms with E-state index in [-0.39, 0.29) is 6.10 Å². The number of aliphatic hydroxyl groups excluding tert-OH is 1. The van der Waals surface area contributed by atoms with Crippen LogP contribution < -0.4 is 0 Å². The van der Waals surface area contributed by atoms with Gasteiger partial charge in [0.05, 0.1) is 6.10 Å². The summed E-state index contributed by atoms with van der Waals surface area (Å²) in [6, 6.07) is 9.95. The molecule has 0 aliphatic carbocycles. The summed E-state index contributed by atoms with van der Waals surface area (Å²) in [4.78, 5) is 0. The zero-order valence-electron chi connectivity index (χ0n) is 11.7. The van der Waals surface area contributed by atoms with E-state index >= 15 is 0 Å². The normalized spacial score (nSPS) is 13.6. The maximum atomic E-state index is 10.1. The van der Waals surface area contributed by atoms with Crippen molar-refractivity contribution in [2.75, 3.05) is 0 Å². The molecule has 1 nitrogen and oxygen atoms in total. The van der Waals surface area contributed by atoms with Crippen LogP contribution in [-0.2, 0) is 0 Å². The van der Waals surface area contributed by atoms with Crippen molar-refractivity contribution in [1.82, 2.24) is 0 Å². The van der Waals surface area contributed by atoms with E-state index in [1.807, 2.05) is 30.3 Å². The van der Waals surface area contributed by atoms with Gasteiger partial charge in [0.25, 0.3) is 0 Å². The van der Waals surface area contributed by atoms with Crippen LogP contribution in [0.3, 0.4) is 0 Å². The molecule has 100 valence electrons. The number of aliphatic hydroxyl groups is 1. The highest BCUT2D eigenvalue weighted by Gasteiger charge is 2.07. The van der Waals surface area contributed by atoms with Gasteiger partial charge in [-0.25, -0.2) is 0 Å². The van der Waals surface area contributed by atoms with Crippen LogP contribution in [0.5, 0.6) is 0 Å². The average molecular weight is 246 g/mol. The predicted molar refractivity (Wildman–Crippen MR) is 78.5 cm³/mol. The van der Waals surface area contributed by atoms with Gasteiger partial charge in [-0.2, -0.15) is 0 Å². The first kappa shape index (κ1) is 15.0. The number of rotatable bonds is 8. The van der Waals surface area contributed by atoms with E-state index in [1.54, 1.807) is 0 Å². The Morgan fingerprint density at radius 2 is 1.83 bits per heavy atom. The molecule has 0 bridgehead atoms. The van der Waals surface area contributed by atoms with Gasteiger partial charge in [0.2, 0.25) is 0 Å². The van der Waals surface area contributed by atoms with Gasteiger partial charge >= 0.3 is 0 Å². The SMILES string of the molecule is CCC/C=C(\CCC)CCC(O)c1ccccc1. The number of benzene rings is 1. The fourth-order valence-electron chi connectivity index (χ4n) is 2.16. The maximum Gasteiger partial charge on any atom is 0.0793 e. The lowest BCUT2D eigenvalue weighted by atomic mass is 9.98. The van der Waals surface area contributed by atoms with Gasteiger partial charge < -0.3 is 5.11 Å². The highest BCUT2D eigenvalue weighted by Crippen LogP contribution is 2.22. The van der Waals surface area contributed by atoms with E-state index in [0.29, 0.717) is 0 Å². The molecule has 0 aromatic heterocycles. The van der Waals surface area contributed by atoms with Crippen molar-refractivity contribution < 1.29 is 5.11 Å². The van der Waals surface area contributed by atoms with Gasteiger partial charge in [0.15, 0.2) is 0 Å².